The molecule has 3 heterocycles. The summed E-state index contributed by atoms with van der Waals surface area (Å²) in [5, 5.41) is 9.01. The molecule has 0 radical (unpaired) electrons. The van der Waals surface area contributed by atoms with E-state index in [4.69, 9.17) is 0 Å². The molecule has 414 valence electrons. The van der Waals surface area contributed by atoms with Crippen molar-refractivity contribution in [2.24, 2.45) is 0 Å². The van der Waals surface area contributed by atoms with Crippen LogP contribution in [0.3, 0.4) is 0 Å². The summed E-state index contributed by atoms with van der Waals surface area (Å²) in [5.74, 6) is 0. The fourth-order valence-electron chi connectivity index (χ4n) is 13.6. The Balaban J connectivity index is 1.05. The molecule has 84 heavy (non-hydrogen) atoms. The topological polar surface area (TPSA) is 6.48 Å². The molecule has 0 bridgehead atoms. The zero-order valence-corrected chi connectivity index (χ0v) is 52.0. The van der Waals surface area contributed by atoms with Gasteiger partial charge < -0.3 is 9.80 Å². The minimum atomic E-state index is -0.0819. The summed E-state index contributed by atoms with van der Waals surface area (Å²) in [5.41, 5.74) is 23.8. The van der Waals surface area contributed by atoms with Gasteiger partial charge in [0.25, 0.3) is 6.71 Å². The number of fused-ring (bicyclic) bond motifs is 12. The van der Waals surface area contributed by atoms with E-state index >= 15 is 0 Å². The molecule has 0 fully saturated rings. The fraction of sp³-hybridized carbons (Fsp3) is 0.225. The van der Waals surface area contributed by atoms with E-state index in [2.05, 4.69) is 306 Å². The second-order valence-electron chi connectivity index (χ2n) is 28.1. The van der Waals surface area contributed by atoms with Crippen molar-refractivity contribution in [2.75, 3.05) is 9.80 Å². The molecule has 14 rings (SSSR count). The standard InChI is InChI=1S/C80H75BN2S/c1-14-49-26-39-70-68(42-49)81-74-71(24-19-25-72(74)83(70)69-40-36-57(79(8,9)10)47-65(69)52-31-38-64-62-22-16-15-20-60(62)61-21-17-18-23-63(61)66(64)46-52)82(75-67-48-58(80(11,12)13)37-41-73(67)84-76(75)81)59-44-53(50-27-32-55(33-28-50)77(2,3)4)43-54(45-59)51-29-34-56(35-30-51)78(5,6)7/h15-48H,14H2,1-13H3. The number of rotatable bonds is 6. The van der Waals surface area contributed by atoms with Crippen LogP contribution in [0.1, 0.15) is 118 Å². The van der Waals surface area contributed by atoms with E-state index in [0.29, 0.717) is 0 Å². The van der Waals surface area contributed by atoms with Crippen LogP contribution in [0.4, 0.5) is 34.1 Å². The maximum absolute atomic E-state index is 2.67. The Labute approximate surface area is 502 Å². The van der Waals surface area contributed by atoms with Crippen LogP contribution in [0.5, 0.6) is 0 Å². The molecule has 12 aromatic rings. The predicted octanol–water partition coefficient (Wildman–Crippen LogP) is 21.2. The molecule has 0 aliphatic carbocycles. The van der Waals surface area contributed by atoms with Crippen molar-refractivity contribution in [3.8, 4) is 33.4 Å². The van der Waals surface area contributed by atoms with Gasteiger partial charge in [0, 0.05) is 43.2 Å². The van der Waals surface area contributed by atoms with Crippen LogP contribution in [-0.4, -0.2) is 6.71 Å². The lowest BCUT2D eigenvalue weighted by Gasteiger charge is -2.44. The van der Waals surface area contributed by atoms with Crippen molar-refractivity contribution in [3.05, 3.63) is 234 Å². The Bertz CT molecular complexity index is 4520. The highest BCUT2D eigenvalue weighted by Gasteiger charge is 2.46. The van der Waals surface area contributed by atoms with E-state index in [9.17, 15) is 0 Å². The molecular formula is C80H75BN2S. The molecular weight excluding hydrogens is 1030 g/mol. The van der Waals surface area contributed by atoms with Gasteiger partial charge in [-0.05, 0) is 194 Å². The number of hydrogen-bond donors (Lipinski definition) is 0. The van der Waals surface area contributed by atoms with Gasteiger partial charge in [-0.25, -0.2) is 0 Å². The quantitative estimate of drug-likeness (QED) is 0.121. The minimum Gasteiger partial charge on any atom is -0.311 e. The molecule has 0 N–H and O–H groups in total. The average molecular weight is 1110 g/mol. The Hall–Kier alpha value is -8.18. The van der Waals surface area contributed by atoms with E-state index in [-0.39, 0.29) is 28.4 Å². The summed E-state index contributed by atoms with van der Waals surface area (Å²) in [6.45, 7) is 30.2. The highest BCUT2D eigenvalue weighted by Crippen LogP contribution is 2.52. The van der Waals surface area contributed by atoms with Crippen LogP contribution in [0.2, 0.25) is 0 Å². The summed E-state index contributed by atoms with van der Waals surface area (Å²) in [6, 6.07) is 80.4. The molecule has 0 saturated carbocycles. The first-order valence-electron chi connectivity index (χ1n) is 30.4. The lowest BCUT2D eigenvalue weighted by molar-refractivity contribution is 0.590. The van der Waals surface area contributed by atoms with E-state index in [0.717, 1.165) is 12.1 Å². The first kappa shape index (κ1) is 53.8. The molecule has 4 heteroatoms. The molecule has 0 amide bonds. The Morgan fingerprint density at radius 1 is 0.357 bits per heavy atom. The number of nitrogens with zero attached hydrogens (tertiary/aromatic N) is 2. The molecule has 2 aliphatic heterocycles. The van der Waals surface area contributed by atoms with Gasteiger partial charge >= 0.3 is 0 Å². The van der Waals surface area contributed by atoms with Crippen molar-refractivity contribution in [2.45, 2.75) is 118 Å². The van der Waals surface area contributed by atoms with Gasteiger partial charge in [0.05, 0.1) is 11.4 Å². The SMILES string of the molecule is CCc1ccc2c(c1)B1c3sc4ccc(C(C)(C)C)cc4c3N(c3cc(-c4ccc(C(C)(C)C)cc4)cc(-c4ccc(C(C)(C)C)cc4)c3)c3cccc(c31)N2c1ccc(C(C)(C)C)cc1-c1ccc2c3ccccc3c3ccccc3c2c1. The Kier molecular flexibility index (Phi) is 12.5. The molecule has 2 aliphatic rings. The summed E-state index contributed by atoms with van der Waals surface area (Å²) in [4.78, 5) is 5.31. The normalized spacial score (nSPS) is 13.5. The second-order valence-corrected chi connectivity index (χ2v) is 29.2. The van der Waals surface area contributed by atoms with Crippen LogP contribution in [0.25, 0.3) is 75.8 Å². The van der Waals surface area contributed by atoms with Crippen molar-refractivity contribution in [1.29, 1.82) is 0 Å². The fourth-order valence-corrected chi connectivity index (χ4v) is 14.9. The molecule has 0 spiro atoms. The maximum Gasteiger partial charge on any atom is 0.264 e. The summed E-state index contributed by atoms with van der Waals surface area (Å²) in [7, 11) is 0. The summed E-state index contributed by atoms with van der Waals surface area (Å²) < 4.78 is 2.70. The van der Waals surface area contributed by atoms with Crippen LogP contribution < -0.4 is 25.5 Å². The lowest BCUT2D eigenvalue weighted by atomic mass is 9.36. The smallest absolute Gasteiger partial charge is 0.264 e. The van der Waals surface area contributed by atoms with Gasteiger partial charge in [0.2, 0.25) is 0 Å². The molecule has 2 nitrogen and oxygen atoms in total. The lowest BCUT2D eigenvalue weighted by Crippen LogP contribution is -2.60. The highest BCUT2D eigenvalue weighted by atomic mass is 32.1. The Morgan fingerprint density at radius 2 is 0.845 bits per heavy atom. The summed E-state index contributed by atoms with van der Waals surface area (Å²) in [6.07, 6.45) is 0.948. The third-order valence-electron chi connectivity index (χ3n) is 18.4. The first-order chi connectivity index (χ1) is 40.1. The third kappa shape index (κ3) is 8.89. The molecule has 0 unspecified atom stereocenters. The molecule has 0 saturated heterocycles. The van der Waals surface area contributed by atoms with Gasteiger partial charge in [0.1, 0.15) is 0 Å². The number of hydrogen-bond acceptors (Lipinski definition) is 3. The van der Waals surface area contributed by atoms with Gasteiger partial charge in [0.15, 0.2) is 0 Å². The Morgan fingerprint density at radius 3 is 1.40 bits per heavy atom. The van der Waals surface area contributed by atoms with E-state index in [1.807, 2.05) is 11.3 Å². The molecule has 0 atom stereocenters. The molecule has 11 aromatic carbocycles. The van der Waals surface area contributed by atoms with Crippen LogP contribution in [0.15, 0.2) is 206 Å². The number of benzene rings is 11. The number of aryl methyl sites for hydroxylation is 1. The first-order valence-corrected chi connectivity index (χ1v) is 31.2. The van der Waals surface area contributed by atoms with Gasteiger partial charge in [-0.2, -0.15) is 0 Å². The second kappa shape index (κ2) is 19.4. The van der Waals surface area contributed by atoms with Crippen molar-refractivity contribution in [3.63, 3.8) is 0 Å². The van der Waals surface area contributed by atoms with Gasteiger partial charge in [-0.15, -0.1) is 11.3 Å². The van der Waals surface area contributed by atoms with Crippen LogP contribution >= 0.6 is 11.3 Å². The van der Waals surface area contributed by atoms with Crippen molar-refractivity contribution < 1.29 is 0 Å². The summed E-state index contributed by atoms with van der Waals surface area (Å²) >= 11 is 1.99. The molecule has 1 aromatic heterocycles. The van der Waals surface area contributed by atoms with Gasteiger partial charge in [-0.3, -0.25) is 0 Å². The van der Waals surface area contributed by atoms with Crippen molar-refractivity contribution in [1.82, 2.24) is 0 Å². The number of anilines is 6. The largest absolute Gasteiger partial charge is 0.311 e. The van der Waals surface area contributed by atoms with Gasteiger partial charge in [-0.1, -0.05) is 230 Å². The predicted molar refractivity (Wildman–Crippen MR) is 369 cm³/mol. The van der Waals surface area contributed by atoms with Crippen molar-refractivity contribution >= 4 is 110 Å². The number of thiophene rings is 1. The van der Waals surface area contributed by atoms with Crippen LogP contribution in [-0.2, 0) is 28.1 Å². The van der Waals surface area contributed by atoms with E-state index in [1.54, 1.807) is 0 Å². The zero-order valence-electron chi connectivity index (χ0n) is 51.2. The maximum atomic E-state index is 2.67. The monoisotopic (exact) mass is 1110 g/mol. The third-order valence-corrected chi connectivity index (χ3v) is 19.7. The van der Waals surface area contributed by atoms with E-state index < -0.39 is 0 Å². The van der Waals surface area contributed by atoms with E-state index in [1.165, 1.54) is 148 Å². The average Bonchev–Trinajstić information content (AvgIpc) is 1.50. The minimum absolute atomic E-state index is 0.00848. The highest BCUT2D eigenvalue weighted by molar-refractivity contribution is 7.33. The zero-order chi connectivity index (χ0) is 58.4. The van der Waals surface area contributed by atoms with Crippen LogP contribution in [0, 0.1) is 0 Å².